The molecule has 0 spiro atoms. The predicted molar refractivity (Wildman–Crippen MR) is 97.5 cm³/mol. The fourth-order valence-electron chi connectivity index (χ4n) is 2.93. The van der Waals surface area contributed by atoms with Crippen molar-refractivity contribution in [1.82, 2.24) is 9.78 Å². The van der Waals surface area contributed by atoms with Crippen LogP contribution in [0.4, 0.5) is 0 Å². The summed E-state index contributed by atoms with van der Waals surface area (Å²) in [5, 5.41) is 6.23. The zero-order valence-electron chi connectivity index (χ0n) is 13.3. The third kappa shape index (κ3) is 2.40. The molecule has 3 nitrogen and oxygen atoms in total. The molecule has 0 fully saturated rings. The van der Waals surface area contributed by atoms with E-state index in [0.717, 1.165) is 27.9 Å². The molecule has 3 aromatic carbocycles. The first-order chi connectivity index (χ1) is 11.7. The van der Waals surface area contributed by atoms with E-state index >= 15 is 0 Å². The Morgan fingerprint density at radius 2 is 1.50 bits per heavy atom. The largest absolute Gasteiger partial charge is 0.279 e. The molecule has 116 valence electrons. The Morgan fingerprint density at radius 3 is 2.25 bits per heavy atom. The summed E-state index contributed by atoms with van der Waals surface area (Å²) in [5.74, 6) is 0. The third-order valence-electron chi connectivity index (χ3n) is 4.10. The second-order valence-corrected chi connectivity index (χ2v) is 5.82. The molecule has 0 saturated carbocycles. The average Bonchev–Trinajstić information content (AvgIpc) is 2.63. The Kier molecular flexibility index (Phi) is 3.47. The number of rotatable bonds is 2. The molecule has 0 atom stereocenters. The summed E-state index contributed by atoms with van der Waals surface area (Å²) >= 11 is 0. The van der Waals surface area contributed by atoms with Crippen molar-refractivity contribution in [2.75, 3.05) is 0 Å². The van der Waals surface area contributed by atoms with Gasteiger partial charge in [-0.1, -0.05) is 60.7 Å². The fraction of sp³-hybridized carbons (Fsp3) is 0.0476. The summed E-state index contributed by atoms with van der Waals surface area (Å²) in [5.41, 5.74) is 3.58. The highest BCUT2D eigenvalue weighted by Gasteiger charge is 2.12. The van der Waals surface area contributed by atoms with Gasteiger partial charge in [0, 0.05) is 10.9 Å². The number of nitrogens with zero attached hydrogens (tertiary/aromatic N) is 2. The van der Waals surface area contributed by atoms with Gasteiger partial charge in [-0.2, -0.15) is 9.78 Å². The van der Waals surface area contributed by atoms with Crippen LogP contribution in [0.2, 0.25) is 0 Å². The molecule has 4 aromatic rings. The molecule has 0 unspecified atom stereocenters. The number of hydrogen-bond donors (Lipinski definition) is 0. The van der Waals surface area contributed by atoms with Crippen LogP contribution >= 0.6 is 0 Å². The average molecular weight is 312 g/mol. The van der Waals surface area contributed by atoms with Crippen molar-refractivity contribution in [3.05, 3.63) is 94.8 Å². The van der Waals surface area contributed by atoms with Crippen LogP contribution in [0.5, 0.6) is 0 Å². The number of aryl methyl sites for hydroxylation is 1. The van der Waals surface area contributed by atoms with Crippen LogP contribution in [-0.4, -0.2) is 9.78 Å². The minimum atomic E-state index is -0.101. The van der Waals surface area contributed by atoms with Gasteiger partial charge in [-0.25, -0.2) is 0 Å². The lowest BCUT2D eigenvalue weighted by atomic mass is 10.1. The lowest BCUT2D eigenvalue weighted by molar-refractivity contribution is 0.825. The van der Waals surface area contributed by atoms with Gasteiger partial charge in [0.1, 0.15) is 0 Å². The number of aromatic nitrogens is 2. The Labute approximate surface area is 139 Å². The highest BCUT2D eigenvalue weighted by Crippen LogP contribution is 2.25. The van der Waals surface area contributed by atoms with Gasteiger partial charge in [0.2, 0.25) is 0 Å². The van der Waals surface area contributed by atoms with E-state index in [1.54, 1.807) is 0 Å². The topological polar surface area (TPSA) is 34.9 Å². The van der Waals surface area contributed by atoms with Gasteiger partial charge in [-0.05, 0) is 30.7 Å². The van der Waals surface area contributed by atoms with Gasteiger partial charge in [0.05, 0.1) is 16.8 Å². The van der Waals surface area contributed by atoms with Crippen LogP contribution in [0, 0.1) is 6.92 Å². The summed E-state index contributed by atoms with van der Waals surface area (Å²) < 4.78 is 1.50. The van der Waals surface area contributed by atoms with Crippen LogP contribution in [0.25, 0.3) is 27.7 Å². The number of fused-ring (bicyclic) bond motifs is 1. The lowest BCUT2D eigenvalue weighted by Crippen LogP contribution is -2.22. The van der Waals surface area contributed by atoms with E-state index < -0.39 is 0 Å². The van der Waals surface area contributed by atoms with Crippen LogP contribution in [0.15, 0.2) is 83.7 Å². The first-order valence-electron chi connectivity index (χ1n) is 7.88. The van der Waals surface area contributed by atoms with Gasteiger partial charge < -0.3 is 0 Å². The molecule has 0 bridgehead atoms. The quantitative estimate of drug-likeness (QED) is 0.551. The van der Waals surface area contributed by atoms with Crippen molar-refractivity contribution in [3.8, 4) is 16.9 Å². The standard InChI is InChI=1S/C21H16N2O/c1-15-8-7-11-17(14-15)23-21(24)19-13-6-5-12-18(19)20(22-23)16-9-3-2-4-10-16/h2-14H,1H3. The molecule has 0 aliphatic heterocycles. The van der Waals surface area contributed by atoms with E-state index in [0.29, 0.717) is 5.39 Å². The van der Waals surface area contributed by atoms with Crippen molar-refractivity contribution >= 4 is 10.8 Å². The summed E-state index contributed by atoms with van der Waals surface area (Å²) in [4.78, 5) is 12.9. The summed E-state index contributed by atoms with van der Waals surface area (Å²) in [6, 6.07) is 25.4. The smallest absolute Gasteiger partial charge is 0.267 e. The Balaban J connectivity index is 2.09. The van der Waals surface area contributed by atoms with E-state index in [2.05, 4.69) is 5.10 Å². The van der Waals surface area contributed by atoms with Crippen LogP contribution in [-0.2, 0) is 0 Å². The van der Waals surface area contributed by atoms with Crippen molar-refractivity contribution in [3.63, 3.8) is 0 Å². The number of hydrogen-bond acceptors (Lipinski definition) is 2. The molecule has 3 heteroatoms. The van der Waals surface area contributed by atoms with E-state index in [9.17, 15) is 4.79 Å². The van der Waals surface area contributed by atoms with Gasteiger partial charge in [0.25, 0.3) is 5.56 Å². The first-order valence-corrected chi connectivity index (χ1v) is 7.88. The highest BCUT2D eigenvalue weighted by molar-refractivity contribution is 5.93. The lowest BCUT2D eigenvalue weighted by Gasteiger charge is -2.11. The summed E-state index contributed by atoms with van der Waals surface area (Å²) in [7, 11) is 0. The number of benzene rings is 3. The zero-order valence-corrected chi connectivity index (χ0v) is 13.3. The van der Waals surface area contributed by atoms with E-state index in [4.69, 9.17) is 0 Å². The SMILES string of the molecule is Cc1cccc(-n2nc(-c3ccccc3)c3ccccc3c2=O)c1. The molecule has 0 aliphatic rings. The molecule has 4 rings (SSSR count). The molecule has 1 heterocycles. The third-order valence-corrected chi connectivity index (χ3v) is 4.10. The first kappa shape index (κ1) is 14.4. The molecule has 0 aliphatic carbocycles. The normalized spacial score (nSPS) is 10.9. The van der Waals surface area contributed by atoms with E-state index in [1.807, 2.05) is 85.8 Å². The summed E-state index contributed by atoms with van der Waals surface area (Å²) in [6.45, 7) is 2.01. The molecule has 24 heavy (non-hydrogen) atoms. The maximum atomic E-state index is 12.9. The van der Waals surface area contributed by atoms with Crippen LogP contribution < -0.4 is 5.56 Å². The van der Waals surface area contributed by atoms with Crippen LogP contribution in [0.3, 0.4) is 0 Å². The van der Waals surface area contributed by atoms with Crippen molar-refractivity contribution in [2.24, 2.45) is 0 Å². The van der Waals surface area contributed by atoms with Crippen molar-refractivity contribution < 1.29 is 0 Å². The highest BCUT2D eigenvalue weighted by atomic mass is 16.1. The monoisotopic (exact) mass is 312 g/mol. The predicted octanol–water partition coefficient (Wildman–Crippen LogP) is 4.36. The van der Waals surface area contributed by atoms with Gasteiger partial charge >= 0.3 is 0 Å². The van der Waals surface area contributed by atoms with E-state index in [-0.39, 0.29) is 5.56 Å². The molecule has 0 N–H and O–H groups in total. The molecule has 0 amide bonds. The molecule has 1 aromatic heterocycles. The second-order valence-electron chi connectivity index (χ2n) is 5.82. The minimum Gasteiger partial charge on any atom is -0.267 e. The maximum Gasteiger partial charge on any atom is 0.279 e. The van der Waals surface area contributed by atoms with Crippen molar-refractivity contribution in [2.45, 2.75) is 6.92 Å². The van der Waals surface area contributed by atoms with Crippen molar-refractivity contribution in [1.29, 1.82) is 0 Å². The minimum absolute atomic E-state index is 0.101. The zero-order chi connectivity index (χ0) is 16.5. The van der Waals surface area contributed by atoms with Gasteiger partial charge in [0.15, 0.2) is 0 Å². The summed E-state index contributed by atoms with van der Waals surface area (Å²) in [6.07, 6.45) is 0. The second kappa shape index (κ2) is 5.78. The molecular formula is C21H16N2O. The molecular weight excluding hydrogens is 296 g/mol. The Hall–Kier alpha value is -3.20. The molecule has 0 saturated heterocycles. The van der Waals surface area contributed by atoms with Gasteiger partial charge in [-0.15, -0.1) is 0 Å². The Bertz CT molecular complexity index is 1080. The van der Waals surface area contributed by atoms with Crippen LogP contribution in [0.1, 0.15) is 5.56 Å². The Morgan fingerprint density at radius 1 is 0.792 bits per heavy atom. The van der Waals surface area contributed by atoms with Gasteiger partial charge in [-0.3, -0.25) is 4.79 Å². The van der Waals surface area contributed by atoms with E-state index in [1.165, 1.54) is 4.68 Å². The fourth-order valence-corrected chi connectivity index (χ4v) is 2.93. The maximum absolute atomic E-state index is 12.9. The molecule has 0 radical (unpaired) electrons.